The Morgan fingerprint density at radius 2 is 0.845 bits per heavy atom. The monoisotopic (exact) mass is 933 g/mol. The Kier molecular flexibility index (Phi) is 10.2. The molecule has 0 amide bonds. The van der Waals surface area contributed by atoms with Crippen molar-refractivity contribution in [3.05, 3.63) is 211 Å². The molecule has 348 valence electrons. The molecule has 0 unspecified atom stereocenters. The predicted octanol–water partition coefficient (Wildman–Crippen LogP) is 15.7. The van der Waals surface area contributed by atoms with Crippen molar-refractivity contribution >= 4 is 79.0 Å². The molecule has 8 heteroatoms. The van der Waals surface area contributed by atoms with E-state index in [0.29, 0.717) is 11.4 Å². The Hall–Kier alpha value is -7.97. The summed E-state index contributed by atoms with van der Waals surface area (Å²) in [4.78, 5) is 4.33. The highest BCUT2D eigenvalue weighted by Crippen LogP contribution is 2.50. The van der Waals surface area contributed by atoms with E-state index < -0.39 is 6.36 Å². The molecule has 9 aromatic carbocycles. The highest BCUT2D eigenvalue weighted by Gasteiger charge is 2.45. The Morgan fingerprint density at radius 1 is 0.408 bits per heavy atom. The van der Waals surface area contributed by atoms with Gasteiger partial charge in [-0.2, -0.15) is 0 Å². The maximum Gasteiger partial charge on any atom is 0.573 e. The number of benzene rings is 9. The van der Waals surface area contributed by atoms with Crippen LogP contribution in [0.15, 0.2) is 200 Å². The van der Waals surface area contributed by atoms with Gasteiger partial charge in [-0.1, -0.05) is 187 Å². The van der Waals surface area contributed by atoms with Crippen LogP contribution < -0.4 is 30.9 Å². The van der Waals surface area contributed by atoms with Crippen molar-refractivity contribution < 1.29 is 17.9 Å². The zero-order valence-electron chi connectivity index (χ0n) is 40.5. The number of anilines is 6. The van der Waals surface area contributed by atoms with Crippen LogP contribution in [0.5, 0.6) is 5.75 Å². The third-order valence-corrected chi connectivity index (χ3v) is 14.4. The SMILES string of the molecule is CC(C)(C)c1ccc(-c2ccccc2N2c3ccccc3B3c4ccc(-n5c6ccccc6c6ccccc65)cc4N(c4ccccc4-c4ccc(C(C)(C)C)cc4)c4cc(OC(F)(F)F)cc2c43)cc1. The predicted molar refractivity (Wildman–Crippen MR) is 290 cm³/mol. The third-order valence-electron chi connectivity index (χ3n) is 14.4. The number of fused-ring (bicyclic) bond motifs is 7. The first-order valence-corrected chi connectivity index (χ1v) is 24.3. The van der Waals surface area contributed by atoms with E-state index in [-0.39, 0.29) is 23.3 Å². The summed E-state index contributed by atoms with van der Waals surface area (Å²) in [5, 5.41) is 2.27. The van der Waals surface area contributed by atoms with Crippen LogP contribution in [0.4, 0.5) is 47.3 Å². The molecule has 0 fully saturated rings. The van der Waals surface area contributed by atoms with E-state index in [1.165, 1.54) is 11.1 Å². The van der Waals surface area contributed by atoms with Gasteiger partial charge in [0.05, 0.1) is 22.4 Å². The van der Waals surface area contributed by atoms with Gasteiger partial charge < -0.3 is 19.1 Å². The van der Waals surface area contributed by atoms with Gasteiger partial charge in [0.25, 0.3) is 6.71 Å². The topological polar surface area (TPSA) is 20.6 Å². The molecular formula is C63H51BF3N3O. The van der Waals surface area contributed by atoms with E-state index in [1.807, 2.05) is 30.3 Å². The largest absolute Gasteiger partial charge is 0.573 e. The lowest BCUT2D eigenvalue weighted by molar-refractivity contribution is -0.274. The van der Waals surface area contributed by atoms with E-state index in [4.69, 9.17) is 4.74 Å². The first-order valence-electron chi connectivity index (χ1n) is 24.3. The van der Waals surface area contributed by atoms with Crippen LogP contribution in [-0.4, -0.2) is 17.6 Å². The summed E-state index contributed by atoms with van der Waals surface area (Å²) in [5.41, 5.74) is 16.8. The van der Waals surface area contributed by atoms with Gasteiger partial charge in [-0.15, -0.1) is 13.2 Å². The molecule has 0 aliphatic carbocycles. The van der Waals surface area contributed by atoms with Gasteiger partial charge >= 0.3 is 6.36 Å². The molecule has 0 N–H and O–H groups in total. The quantitative estimate of drug-likeness (QED) is 0.155. The number of para-hydroxylation sites is 5. The van der Waals surface area contributed by atoms with Crippen LogP contribution in [-0.2, 0) is 10.8 Å². The van der Waals surface area contributed by atoms with Crippen LogP contribution in [0.3, 0.4) is 0 Å². The molecule has 2 aliphatic heterocycles. The number of halogens is 3. The number of hydrogen-bond donors (Lipinski definition) is 0. The number of alkyl halides is 3. The minimum absolute atomic E-state index is 0.0439. The van der Waals surface area contributed by atoms with Gasteiger partial charge in [-0.25, -0.2) is 0 Å². The smallest absolute Gasteiger partial charge is 0.406 e. The number of nitrogens with zero attached hydrogens (tertiary/aromatic N) is 3. The van der Waals surface area contributed by atoms with Crippen molar-refractivity contribution in [2.45, 2.75) is 58.7 Å². The molecule has 10 aromatic rings. The molecule has 0 bridgehead atoms. The molecule has 0 atom stereocenters. The summed E-state index contributed by atoms with van der Waals surface area (Å²) in [6, 6.07) is 68.7. The summed E-state index contributed by atoms with van der Waals surface area (Å²) in [6.45, 7) is 12.8. The first-order chi connectivity index (χ1) is 34.1. The van der Waals surface area contributed by atoms with Crippen molar-refractivity contribution in [3.8, 4) is 33.7 Å². The fourth-order valence-electron chi connectivity index (χ4n) is 11.1. The van der Waals surface area contributed by atoms with Gasteiger partial charge in [0.15, 0.2) is 0 Å². The van der Waals surface area contributed by atoms with E-state index in [1.54, 1.807) is 12.1 Å². The minimum Gasteiger partial charge on any atom is -0.406 e. The third kappa shape index (κ3) is 7.47. The summed E-state index contributed by atoms with van der Waals surface area (Å²) in [5.74, 6) is -0.305. The van der Waals surface area contributed by atoms with Gasteiger partial charge in [0.2, 0.25) is 0 Å². The maximum absolute atomic E-state index is 14.8. The second-order valence-corrected chi connectivity index (χ2v) is 20.9. The van der Waals surface area contributed by atoms with Gasteiger partial charge in [-0.05, 0) is 91.9 Å². The molecule has 0 saturated carbocycles. The fourth-order valence-corrected chi connectivity index (χ4v) is 11.1. The zero-order valence-corrected chi connectivity index (χ0v) is 40.5. The summed E-state index contributed by atoms with van der Waals surface area (Å²) >= 11 is 0. The van der Waals surface area contributed by atoms with E-state index in [9.17, 15) is 13.2 Å². The average molecular weight is 934 g/mol. The second-order valence-electron chi connectivity index (χ2n) is 20.9. The summed E-state index contributed by atoms with van der Waals surface area (Å²) in [7, 11) is 0. The molecule has 0 saturated heterocycles. The van der Waals surface area contributed by atoms with Crippen LogP contribution in [0.2, 0.25) is 0 Å². The van der Waals surface area contributed by atoms with Crippen LogP contribution in [0, 0.1) is 0 Å². The maximum atomic E-state index is 14.8. The lowest BCUT2D eigenvalue weighted by Gasteiger charge is -2.45. The van der Waals surface area contributed by atoms with Crippen molar-refractivity contribution in [1.82, 2.24) is 4.57 Å². The molecule has 1 aromatic heterocycles. The molecular weight excluding hydrogens is 883 g/mol. The van der Waals surface area contributed by atoms with Gasteiger partial charge in [-0.3, -0.25) is 0 Å². The fraction of sp³-hybridized carbons (Fsp3) is 0.143. The van der Waals surface area contributed by atoms with Crippen molar-refractivity contribution in [1.29, 1.82) is 0 Å². The minimum atomic E-state index is -4.96. The molecule has 71 heavy (non-hydrogen) atoms. The van der Waals surface area contributed by atoms with Crippen molar-refractivity contribution in [2.24, 2.45) is 0 Å². The Balaban J connectivity index is 1.16. The average Bonchev–Trinajstić information content (AvgIpc) is 3.69. The molecule has 3 heterocycles. The Labute approximate surface area is 413 Å². The molecule has 12 rings (SSSR count). The van der Waals surface area contributed by atoms with Crippen molar-refractivity contribution in [3.63, 3.8) is 0 Å². The Morgan fingerprint density at radius 3 is 1.35 bits per heavy atom. The molecule has 2 aliphatic rings. The molecule has 4 nitrogen and oxygen atoms in total. The Bertz CT molecular complexity index is 3660. The highest BCUT2D eigenvalue weighted by atomic mass is 19.4. The summed E-state index contributed by atoms with van der Waals surface area (Å²) < 4.78 is 51.9. The van der Waals surface area contributed by atoms with Crippen molar-refractivity contribution in [2.75, 3.05) is 9.80 Å². The zero-order chi connectivity index (χ0) is 49.0. The second kappa shape index (κ2) is 16.3. The van der Waals surface area contributed by atoms with E-state index >= 15 is 0 Å². The molecule has 0 radical (unpaired) electrons. The lowest BCUT2D eigenvalue weighted by atomic mass is 9.33. The van der Waals surface area contributed by atoms with Gasteiger partial charge in [0, 0.05) is 62.5 Å². The number of rotatable bonds is 6. The normalized spacial score (nSPS) is 13.3. The number of aromatic nitrogens is 1. The summed E-state index contributed by atoms with van der Waals surface area (Å²) in [6.07, 6.45) is -4.96. The number of hydrogen-bond acceptors (Lipinski definition) is 3. The molecule has 0 spiro atoms. The van der Waals surface area contributed by atoms with Crippen LogP contribution in [0.25, 0.3) is 49.7 Å². The highest BCUT2D eigenvalue weighted by molar-refractivity contribution is 7.00. The standard InChI is InChI=1S/C63H51BF3N3O/c1-61(2,3)42-31-27-40(28-32-42)46-17-7-12-22-52(46)69-56-26-16-11-21-50(56)64-51-36-35-44(68-54-24-14-9-19-48(54)49-20-10-15-25-55(49)68)37-57(51)70(59-39-45(71-63(65,66)67)38-58(69)60(59)64)53-23-13-8-18-47(53)41-29-33-43(34-30-41)62(4,5)6/h7-39H,1-6H3. The van der Waals surface area contributed by atoms with E-state index in [2.05, 4.69) is 214 Å². The van der Waals surface area contributed by atoms with Crippen LogP contribution >= 0.6 is 0 Å². The van der Waals surface area contributed by atoms with Gasteiger partial charge in [0.1, 0.15) is 5.75 Å². The van der Waals surface area contributed by atoms with Crippen LogP contribution in [0.1, 0.15) is 52.7 Å². The lowest BCUT2D eigenvalue weighted by Crippen LogP contribution is -2.61. The van der Waals surface area contributed by atoms with E-state index in [0.717, 1.165) is 88.9 Å². The first kappa shape index (κ1) is 44.3. The number of ether oxygens (including phenoxy) is 1.